The van der Waals surface area contributed by atoms with Crippen LogP contribution in [0.1, 0.15) is 5.48 Å². The zero-order valence-corrected chi connectivity index (χ0v) is 9.22. The molecule has 4 nitrogen and oxygen atoms in total. The highest BCUT2D eigenvalue weighted by molar-refractivity contribution is 9.10. The van der Waals surface area contributed by atoms with Gasteiger partial charge in [0.1, 0.15) is 16.9 Å². The number of hydrogen-bond acceptors (Lipinski definition) is 3. The van der Waals surface area contributed by atoms with Crippen LogP contribution in [0.5, 0.6) is 0 Å². The summed E-state index contributed by atoms with van der Waals surface area (Å²) < 4.78 is 31.7. The Morgan fingerprint density at radius 2 is 2.00 bits per heavy atom. The van der Waals surface area contributed by atoms with Crippen LogP contribution in [-0.4, -0.2) is 19.5 Å². The van der Waals surface area contributed by atoms with Crippen LogP contribution in [0.25, 0.3) is 5.82 Å². The molecule has 66 valence electrons. The fraction of sp³-hybridized carbons (Fsp3) is 0. The number of hydrogen-bond donors (Lipinski definition) is 0. The van der Waals surface area contributed by atoms with Gasteiger partial charge in [-0.25, -0.2) is 15.0 Å². The summed E-state index contributed by atoms with van der Waals surface area (Å²) in [6.45, 7) is 0. The second-order valence-electron chi connectivity index (χ2n) is 2.01. The number of halogens is 2. The summed E-state index contributed by atoms with van der Waals surface area (Å²) >= 11 is 6.00. The molecule has 2 aromatic heterocycles. The Morgan fingerprint density at radius 1 is 1.15 bits per heavy atom. The minimum atomic E-state index is -0.244. The quantitative estimate of drug-likeness (QED) is 0.811. The average molecular weight is 308 g/mol. The van der Waals surface area contributed by atoms with Gasteiger partial charge in [-0.3, -0.25) is 4.57 Å². The van der Waals surface area contributed by atoms with E-state index in [-0.39, 0.29) is 39.8 Å². The Bertz CT molecular complexity index is 600. The van der Waals surface area contributed by atoms with E-state index in [0.29, 0.717) is 0 Å². The van der Waals surface area contributed by atoms with E-state index in [1.165, 1.54) is 0 Å². The van der Waals surface area contributed by atoms with Gasteiger partial charge < -0.3 is 0 Å². The largest absolute Gasteiger partial charge is 0.288 e. The first kappa shape index (κ1) is 5.21. The summed E-state index contributed by atoms with van der Waals surface area (Å²) in [5.74, 6) is -0.0635. The zero-order valence-electron chi connectivity index (χ0n) is 10.0. The van der Waals surface area contributed by atoms with Gasteiger partial charge in [0, 0.05) is 6.17 Å². The van der Waals surface area contributed by atoms with Crippen LogP contribution < -0.4 is 0 Å². The molecular formula is C7H4Br2N4. The van der Waals surface area contributed by atoms with Crippen molar-refractivity contribution in [3.05, 3.63) is 34.0 Å². The Balaban J connectivity index is 2.72. The molecule has 0 radical (unpaired) electrons. The minimum absolute atomic E-state index is 0.0635. The van der Waals surface area contributed by atoms with E-state index >= 15 is 0 Å². The monoisotopic (exact) mass is 306 g/mol. The summed E-state index contributed by atoms with van der Waals surface area (Å²) in [6.07, 6.45) is -0.759. The molecular weight excluding hydrogens is 300 g/mol. The van der Waals surface area contributed by atoms with Gasteiger partial charge in [-0.1, -0.05) is 0 Å². The lowest BCUT2D eigenvalue weighted by atomic mass is 10.6. The molecule has 0 amide bonds. The van der Waals surface area contributed by atoms with E-state index in [2.05, 4.69) is 46.8 Å². The van der Waals surface area contributed by atoms with E-state index in [4.69, 9.17) is 5.48 Å². The fourth-order valence-electron chi connectivity index (χ4n) is 0.685. The molecule has 0 saturated heterocycles. The van der Waals surface area contributed by atoms with Crippen molar-refractivity contribution in [3.63, 3.8) is 0 Å². The summed E-state index contributed by atoms with van der Waals surface area (Å²) in [4.78, 5) is 11.3. The zero-order chi connectivity index (χ0) is 12.7. The Morgan fingerprint density at radius 3 is 2.69 bits per heavy atom. The average Bonchev–Trinajstić information content (AvgIpc) is 2.48. The summed E-state index contributed by atoms with van der Waals surface area (Å²) in [5.41, 5.74) is 0. The third-order valence-electron chi connectivity index (χ3n) is 1.17. The summed E-state index contributed by atoms with van der Waals surface area (Å²) in [7, 11) is 0. The van der Waals surface area contributed by atoms with Gasteiger partial charge in [0.15, 0.2) is 5.82 Å². The number of aromatic nitrogens is 4. The van der Waals surface area contributed by atoms with Gasteiger partial charge in [0.2, 0.25) is 0 Å². The van der Waals surface area contributed by atoms with Crippen molar-refractivity contribution in [2.24, 2.45) is 0 Å². The van der Waals surface area contributed by atoms with E-state index in [0.717, 1.165) is 4.57 Å². The standard InChI is InChI=1S/C7H4Br2N4/c8-5-1-11-7(2-10-5)13-3-6(9)12-4-13/h1-4H/i1D,2D,3D,4D. The fourth-order valence-corrected chi connectivity index (χ4v) is 1.12. The van der Waals surface area contributed by atoms with Crippen LogP contribution in [0, 0.1) is 0 Å². The summed E-state index contributed by atoms with van der Waals surface area (Å²) in [6, 6.07) is 0. The maximum Gasteiger partial charge on any atom is 0.156 e. The van der Waals surface area contributed by atoms with Crippen molar-refractivity contribution < 1.29 is 5.48 Å². The van der Waals surface area contributed by atoms with Crippen LogP contribution in [0.3, 0.4) is 0 Å². The highest BCUT2D eigenvalue weighted by atomic mass is 79.9. The van der Waals surface area contributed by atoms with Crippen LogP contribution in [0.2, 0.25) is 0 Å². The lowest BCUT2D eigenvalue weighted by Gasteiger charge is -1.98. The highest BCUT2D eigenvalue weighted by Crippen LogP contribution is 2.10. The molecule has 6 heteroatoms. The maximum atomic E-state index is 7.68. The molecule has 0 saturated carbocycles. The molecule has 2 heterocycles. The normalized spacial score (nSPS) is 14.6. The predicted molar refractivity (Wildman–Crippen MR) is 54.6 cm³/mol. The topological polar surface area (TPSA) is 43.6 Å². The molecule has 0 bridgehead atoms. The van der Waals surface area contributed by atoms with E-state index in [1.54, 1.807) is 0 Å². The van der Waals surface area contributed by atoms with Crippen molar-refractivity contribution in [2.45, 2.75) is 0 Å². The van der Waals surface area contributed by atoms with E-state index in [1.807, 2.05) is 0 Å². The van der Waals surface area contributed by atoms with Crippen LogP contribution in [0.4, 0.5) is 0 Å². The number of imidazole rings is 1. The smallest absolute Gasteiger partial charge is 0.156 e. The molecule has 0 spiro atoms. The molecule has 0 aliphatic carbocycles. The summed E-state index contributed by atoms with van der Waals surface area (Å²) in [5, 5.41) is 0. The van der Waals surface area contributed by atoms with Crippen molar-refractivity contribution in [1.82, 2.24) is 19.5 Å². The predicted octanol–water partition coefficient (Wildman–Crippen LogP) is 2.19. The van der Waals surface area contributed by atoms with E-state index < -0.39 is 0 Å². The van der Waals surface area contributed by atoms with Gasteiger partial charge in [-0.2, -0.15) is 0 Å². The van der Waals surface area contributed by atoms with Crippen LogP contribution >= 0.6 is 31.9 Å². The van der Waals surface area contributed by atoms with Gasteiger partial charge in [0.05, 0.1) is 16.5 Å². The second-order valence-corrected chi connectivity index (χ2v) is 3.51. The molecule has 0 aliphatic heterocycles. The van der Waals surface area contributed by atoms with Gasteiger partial charge in [-0.05, 0) is 31.9 Å². The molecule has 0 aromatic carbocycles. The Kier molecular flexibility index (Phi) is 1.42. The first-order valence-corrected chi connectivity index (χ1v) is 4.73. The maximum absolute atomic E-state index is 7.68. The molecule has 0 fully saturated rings. The molecule has 2 aromatic rings. The van der Waals surface area contributed by atoms with Crippen LogP contribution in [-0.2, 0) is 0 Å². The Labute approximate surface area is 96.9 Å². The van der Waals surface area contributed by atoms with Gasteiger partial charge >= 0.3 is 0 Å². The lowest BCUT2D eigenvalue weighted by Crippen LogP contribution is -1.94. The molecule has 0 N–H and O–H groups in total. The van der Waals surface area contributed by atoms with E-state index in [9.17, 15) is 0 Å². The lowest BCUT2D eigenvalue weighted by molar-refractivity contribution is 0.963. The SMILES string of the molecule is [2H]c1nc(-n2c([2H])nc(Br)c2[2H])c([2H])nc1Br. The minimum Gasteiger partial charge on any atom is -0.288 e. The number of nitrogens with zero attached hydrogens (tertiary/aromatic N) is 4. The van der Waals surface area contributed by atoms with Crippen molar-refractivity contribution >= 4 is 31.9 Å². The van der Waals surface area contributed by atoms with Crippen molar-refractivity contribution in [3.8, 4) is 5.82 Å². The van der Waals surface area contributed by atoms with Gasteiger partial charge in [0.25, 0.3) is 0 Å². The third-order valence-corrected chi connectivity index (χ3v) is 1.88. The molecule has 2 rings (SSSR count). The van der Waals surface area contributed by atoms with Crippen molar-refractivity contribution in [1.29, 1.82) is 0 Å². The Hall–Kier alpha value is -0.750. The molecule has 0 aliphatic rings. The molecule has 0 unspecified atom stereocenters. The van der Waals surface area contributed by atoms with Crippen molar-refractivity contribution in [2.75, 3.05) is 0 Å². The number of rotatable bonds is 1. The van der Waals surface area contributed by atoms with Crippen LogP contribution in [0.15, 0.2) is 34.0 Å². The first-order valence-electron chi connectivity index (χ1n) is 5.14. The highest BCUT2D eigenvalue weighted by Gasteiger charge is 1.99. The van der Waals surface area contributed by atoms with Gasteiger partial charge in [-0.15, -0.1) is 0 Å². The molecule has 13 heavy (non-hydrogen) atoms. The molecule has 0 atom stereocenters. The third kappa shape index (κ3) is 1.94. The first-order chi connectivity index (χ1) is 7.91. The second kappa shape index (κ2) is 3.55.